The van der Waals surface area contributed by atoms with Crippen LogP contribution >= 0.6 is 15.9 Å². The van der Waals surface area contributed by atoms with Crippen molar-refractivity contribution in [2.24, 2.45) is 0 Å². The number of sulfonamides is 1. The predicted molar refractivity (Wildman–Crippen MR) is 70.5 cm³/mol. The maximum Gasteiger partial charge on any atom is 0.335 e. The quantitative estimate of drug-likeness (QED) is 0.845. The number of carboxylic acid groups (broad SMARTS) is 1. The molecule has 104 valence electrons. The lowest BCUT2D eigenvalue weighted by molar-refractivity contribution is 0.0696. The Bertz CT molecular complexity index is 616. The summed E-state index contributed by atoms with van der Waals surface area (Å²) in [6, 6.07) is 3.83. The molecule has 0 unspecified atom stereocenters. The summed E-state index contributed by atoms with van der Waals surface area (Å²) in [4.78, 5) is 10.8. The molecule has 2 rings (SSSR count). The highest BCUT2D eigenvalue weighted by Gasteiger charge is 2.33. The topological polar surface area (TPSA) is 94.9 Å². The molecule has 1 saturated heterocycles. The Hall–Kier alpha value is -0.960. The third-order valence-electron chi connectivity index (χ3n) is 2.92. The Balaban J connectivity index is 2.45. The molecule has 8 heteroatoms. The van der Waals surface area contributed by atoms with E-state index in [0.29, 0.717) is 10.9 Å². The minimum atomic E-state index is -3.80. The zero-order chi connectivity index (χ0) is 14.2. The number of carbonyl (C=O) groups is 1. The molecule has 1 aromatic carbocycles. The molecule has 19 heavy (non-hydrogen) atoms. The van der Waals surface area contributed by atoms with Crippen LogP contribution in [0, 0.1) is 0 Å². The van der Waals surface area contributed by atoms with E-state index in [1.54, 1.807) is 0 Å². The van der Waals surface area contributed by atoms with E-state index in [-0.39, 0.29) is 23.5 Å². The van der Waals surface area contributed by atoms with Crippen molar-refractivity contribution in [3.63, 3.8) is 0 Å². The van der Waals surface area contributed by atoms with E-state index in [4.69, 9.17) is 5.11 Å². The van der Waals surface area contributed by atoms with Gasteiger partial charge in [0.25, 0.3) is 0 Å². The number of nitrogens with zero attached hydrogens (tertiary/aromatic N) is 1. The normalized spacial score (nSPS) is 20.6. The van der Waals surface area contributed by atoms with Crippen molar-refractivity contribution < 1.29 is 23.4 Å². The summed E-state index contributed by atoms with van der Waals surface area (Å²) in [5, 5.41) is 18.3. The highest BCUT2D eigenvalue weighted by atomic mass is 79.9. The van der Waals surface area contributed by atoms with Crippen molar-refractivity contribution in [2.45, 2.75) is 17.4 Å². The highest BCUT2D eigenvalue weighted by Crippen LogP contribution is 2.28. The molecule has 1 aliphatic heterocycles. The first-order valence-electron chi connectivity index (χ1n) is 5.53. The van der Waals surface area contributed by atoms with Gasteiger partial charge >= 0.3 is 5.97 Å². The van der Waals surface area contributed by atoms with Crippen LogP contribution < -0.4 is 0 Å². The molecule has 1 heterocycles. The lowest BCUT2D eigenvalue weighted by Crippen LogP contribution is -2.30. The fraction of sp³-hybridized carbons (Fsp3) is 0.364. The number of aromatic carboxylic acids is 1. The molecule has 0 spiro atoms. The van der Waals surface area contributed by atoms with Crippen LogP contribution in [0.3, 0.4) is 0 Å². The molecule has 1 fully saturated rings. The van der Waals surface area contributed by atoms with Crippen LogP contribution in [-0.2, 0) is 10.0 Å². The SMILES string of the molecule is O=C(O)c1ccc(Br)c(S(=O)(=O)N2CC[C@H](O)C2)c1. The second kappa shape index (κ2) is 5.20. The van der Waals surface area contributed by atoms with Gasteiger partial charge in [0.05, 0.1) is 16.6 Å². The number of aliphatic hydroxyl groups is 1. The molecular weight excluding hydrogens is 338 g/mol. The van der Waals surface area contributed by atoms with Crippen LogP contribution in [0.1, 0.15) is 16.8 Å². The van der Waals surface area contributed by atoms with Gasteiger partial charge in [-0.3, -0.25) is 0 Å². The fourth-order valence-electron chi connectivity index (χ4n) is 1.90. The Morgan fingerprint density at radius 1 is 1.42 bits per heavy atom. The summed E-state index contributed by atoms with van der Waals surface area (Å²) in [5.74, 6) is -1.19. The van der Waals surface area contributed by atoms with Gasteiger partial charge in [0, 0.05) is 17.6 Å². The molecule has 2 N–H and O–H groups in total. The third kappa shape index (κ3) is 2.81. The summed E-state index contributed by atoms with van der Waals surface area (Å²) in [6.07, 6.45) is -0.286. The van der Waals surface area contributed by atoms with E-state index in [1.807, 2.05) is 0 Å². The number of carboxylic acids is 1. The zero-order valence-corrected chi connectivity index (χ0v) is 12.2. The molecule has 0 amide bonds. The molecule has 6 nitrogen and oxygen atoms in total. The van der Waals surface area contributed by atoms with Crippen molar-refractivity contribution >= 4 is 31.9 Å². The van der Waals surface area contributed by atoms with Crippen molar-refractivity contribution in [3.05, 3.63) is 28.2 Å². The van der Waals surface area contributed by atoms with Gasteiger partial charge < -0.3 is 10.2 Å². The second-order valence-corrected chi connectivity index (χ2v) is 7.02. The second-order valence-electron chi connectivity index (χ2n) is 4.26. The van der Waals surface area contributed by atoms with Crippen molar-refractivity contribution in [3.8, 4) is 0 Å². The smallest absolute Gasteiger partial charge is 0.335 e. The van der Waals surface area contributed by atoms with Crippen LogP contribution in [0.25, 0.3) is 0 Å². The Morgan fingerprint density at radius 2 is 2.11 bits per heavy atom. The van der Waals surface area contributed by atoms with Gasteiger partial charge in [-0.15, -0.1) is 0 Å². The van der Waals surface area contributed by atoms with Gasteiger partial charge in [-0.2, -0.15) is 4.31 Å². The first-order chi connectivity index (χ1) is 8.82. The summed E-state index contributed by atoms with van der Waals surface area (Å²) in [6.45, 7) is 0.263. The van der Waals surface area contributed by atoms with E-state index in [0.717, 1.165) is 10.4 Å². The molecule has 0 radical (unpaired) electrons. The zero-order valence-electron chi connectivity index (χ0n) is 9.78. The average molecular weight is 350 g/mol. The van der Waals surface area contributed by atoms with E-state index < -0.39 is 22.1 Å². The van der Waals surface area contributed by atoms with E-state index >= 15 is 0 Å². The fourth-order valence-corrected chi connectivity index (χ4v) is 4.35. The molecule has 1 aliphatic rings. The Labute approximate surface area is 118 Å². The number of hydrogen-bond acceptors (Lipinski definition) is 4. The van der Waals surface area contributed by atoms with Crippen molar-refractivity contribution in [2.75, 3.05) is 13.1 Å². The number of halogens is 1. The molecule has 0 bridgehead atoms. The highest BCUT2D eigenvalue weighted by molar-refractivity contribution is 9.10. The Kier molecular flexibility index (Phi) is 3.95. The summed E-state index contributed by atoms with van der Waals surface area (Å²) < 4.78 is 26.2. The lowest BCUT2D eigenvalue weighted by atomic mass is 10.2. The average Bonchev–Trinajstić information content (AvgIpc) is 2.76. The van der Waals surface area contributed by atoms with Crippen molar-refractivity contribution in [1.82, 2.24) is 4.31 Å². The van der Waals surface area contributed by atoms with Crippen LogP contribution in [-0.4, -0.2) is 48.1 Å². The summed E-state index contributed by atoms with van der Waals surface area (Å²) in [7, 11) is -3.80. The first kappa shape index (κ1) is 14.4. The minimum Gasteiger partial charge on any atom is -0.478 e. The van der Waals surface area contributed by atoms with Crippen LogP contribution in [0.4, 0.5) is 0 Å². The van der Waals surface area contributed by atoms with Crippen LogP contribution in [0.2, 0.25) is 0 Å². The van der Waals surface area contributed by atoms with Gasteiger partial charge in [0.15, 0.2) is 0 Å². The molecular formula is C11H12BrNO5S. The molecule has 0 aliphatic carbocycles. The Morgan fingerprint density at radius 3 is 2.63 bits per heavy atom. The van der Waals surface area contributed by atoms with Gasteiger partial charge in [-0.25, -0.2) is 13.2 Å². The van der Waals surface area contributed by atoms with E-state index in [2.05, 4.69) is 15.9 Å². The number of rotatable bonds is 3. The summed E-state index contributed by atoms with van der Waals surface area (Å²) >= 11 is 3.12. The van der Waals surface area contributed by atoms with E-state index in [9.17, 15) is 18.3 Å². The van der Waals surface area contributed by atoms with Crippen LogP contribution in [0.5, 0.6) is 0 Å². The molecule has 0 aromatic heterocycles. The maximum atomic E-state index is 12.4. The number of benzene rings is 1. The van der Waals surface area contributed by atoms with Gasteiger partial charge in [0.2, 0.25) is 10.0 Å². The number of hydrogen-bond donors (Lipinski definition) is 2. The standard InChI is InChI=1S/C11H12BrNO5S/c12-9-2-1-7(11(15)16)5-10(9)19(17,18)13-4-3-8(14)6-13/h1-2,5,8,14H,3-4,6H2,(H,15,16)/t8-/m0/s1. The number of aliphatic hydroxyl groups excluding tert-OH is 1. The van der Waals surface area contributed by atoms with Gasteiger partial charge in [-0.1, -0.05) is 0 Å². The first-order valence-corrected chi connectivity index (χ1v) is 7.76. The van der Waals surface area contributed by atoms with Crippen LogP contribution in [0.15, 0.2) is 27.6 Å². The largest absolute Gasteiger partial charge is 0.478 e. The van der Waals surface area contributed by atoms with Crippen molar-refractivity contribution in [1.29, 1.82) is 0 Å². The van der Waals surface area contributed by atoms with E-state index in [1.165, 1.54) is 12.1 Å². The lowest BCUT2D eigenvalue weighted by Gasteiger charge is -2.17. The van der Waals surface area contributed by atoms with Gasteiger partial charge in [-0.05, 0) is 40.5 Å². The minimum absolute atomic E-state index is 0.0338. The molecule has 1 atom stereocenters. The summed E-state index contributed by atoms with van der Waals surface area (Å²) in [5.41, 5.74) is -0.0958. The predicted octanol–water partition coefficient (Wildman–Crippen LogP) is 0.903. The molecule has 1 aromatic rings. The monoisotopic (exact) mass is 349 g/mol. The maximum absolute atomic E-state index is 12.4. The molecule has 0 saturated carbocycles. The third-order valence-corrected chi connectivity index (χ3v) is 5.78. The van der Waals surface area contributed by atoms with Gasteiger partial charge in [0.1, 0.15) is 0 Å². The number of β-amino-alcohol motifs (C(OH)–C–C–N with tert-alkyl or cyclic N) is 1.